The van der Waals surface area contributed by atoms with Crippen molar-refractivity contribution in [3.8, 4) is 27.9 Å². The van der Waals surface area contributed by atoms with Gasteiger partial charge in [-0.15, -0.1) is 11.3 Å². The summed E-state index contributed by atoms with van der Waals surface area (Å²) in [6.07, 6.45) is 2.27. The first-order valence-corrected chi connectivity index (χ1v) is 30.3. The molecule has 0 atom stereocenters. The van der Waals surface area contributed by atoms with Crippen molar-refractivity contribution in [2.45, 2.75) is 130 Å². The van der Waals surface area contributed by atoms with E-state index >= 15 is 0 Å². The number of thiophene rings is 1. The molecule has 0 spiro atoms. The summed E-state index contributed by atoms with van der Waals surface area (Å²) in [4.78, 5) is 2.43. The Morgan fingerprint density at radius 3 is 1.73 bits per heavy atom. The van der Waals surface area contributed by atoms with Crippen LogP contribution in [0.2, 0.25) is 0 Å². The molecule has 0 saturated heterocycles. The van der Waals surface area contributed by atoms with Crippen LogP contribution in [0.5, 0.6) is 0 Å². The maximum Gasteiger partial charge on any atom is 0.211 e. The zero-order chi connectivity index (χ0) is 57.0. The lowest BCUT2D eigenvalue weighted by atomic mass is 9.62. The number of nitrogens with zero attached hydrogens (tertiary/aromatic N) is 2. The Hall–Kier alpha value is -7.80. The quantitative estimate of drug-likeness (QED) is 0.162. The Bertz CT molecular complexity index is 4470. The summed E-state index contributed by atoms with van der Waals surface area (Å²) in [7, 11) is 2.53. The molecule has 82 heavy (non-hydrogen) atoms. The Balaban J connectivity index is 1.10. The molecule has 9 aromatic carbocycles. The summed E-state index contributed by atoms with van der Waals surface area (Å²) in [5, 5.41) is 10.0. The number of fused-ring (bicyclic) bond motifs is 12. The highest BCUT2D eigenvalue weighted by Gasteiger charge is 2.40. The van der Waals surface area contributed by atoms with Crippen LogP contribution in [0, 0.1) is 0 Å². The van der Waals surface area contributed by atoms with Gasteiger partial charge in [-0.2, -0.15) is 0 Å². The Labute approximate surface area is 489 Å². The summed E-state index contributed by atoms with van der Waals surface area (Å²) in [6, 6.07) is 66.4. The van der Waals surface area contributed by atoms with Crippen LogP contribution in [0.1, 0.15) is 131 Å². The zero-order valence-corrected chi connectivity index (χ0v) is 50.8. The molecule has 4 heterocycles. The Morgan fingerprint density at radius 1 is 0.537 bits per heavy atom. The summed E-state index contributed by atoms with van der Waals surface area (Å²) >= 11 is 1.90. The number of para-hydroxylation sites is 1. The fraction of sp³-hybridized carbons (Fsp3) is 0.263. The van der Waals surface area contributed by atoms with Crippen molar-refractivity contribution < 1.29 is 4.42 Å². The molecular formula is C76H73BN3OS. The van der Waals surface area contributed by atoms with Crippen molar-refractivity contribution >= 4 is 111 Å². The fourth-order valence-electron chi connectivity index (χ4n) is 13.5. The van der Waals surface area contributed by atoms with Crippen LogP contribution in [0.15, 0.2) is 180 Å². The standard InChI is InChI=1S/C76H73BN3OS/c1-72(2,3)47-24-30-50(31-25-47)78-60-42-53(79(51-32-26-48(27-33-51)73(4,5)6)52-34-28-49(29-35-52)74(7,8)9)36-37-54(60)64-65-55-21-17-18-22-62(55)81-70(65)66-56-43-58-59(76(12,13)40-39-75(58,10)11)44-61(56)80-68-57-41-46(45-19-15-14-16-20-45)23-38-63(57)82-71(68)77-67(64)69(66)80/h14-38,41-44,78H,39-40H2,1-13H3. The Kier molecular flexibility index (Phi) is 11.7. The second-order valence-electron chi connectivity index (χ2n) is 28.0. The molecule has 3 aromatic heterocycles. The number of hydrogen-bond donors (Lipinski definition) is 1. The van der Waals surface area contributed by atoms with E-state index in [9.17, 15) is 0 Å². The van der Waals surface area contributed by atoms with Crippen molar-refractivity contribution in [1.29, 1.82) is 0 Å². The van der Waals surface area contributed by atoms with Crippen LogP contribution in [0.3, 0.4) is 0 Å². The molecular weight excluding hydrogens is 1010 g/mol. The lowest BCUT2D eigenvalue weighted by Gasteiger charge is -2.42. The normalized spacial score (nSPS) is 14.8. The molecule has 1 N–H and O–H groups in total. The van der Waals surface area contributed by atoms with Gasteiger partial charge in [0.25, 0.3) is 0 Å². The lowest BCUT2D eigenvalue weighted by Crippen LogP contribution is -2.35. The van der Waals surface area contributed by atoms with E-state index in [0.717, 1.165) is 74.3 Å². The first kappa shape index (κ1) is 52.3. The molecule has 0 amide bonds. The van der Waals surface area contributed by atoms with Crippen LogP contribution < -0.4 is 20.5 Å². The van der Waals surface area contributed by atoms with Gasteiger partial charge < -0.3 is 19.2 Å². The maximum absolute atomic E-state index is 7.44. The number of anilines is 5. The van der Waals surface area contributed by atoms with E-state index in [-0.39, 0.29) is 27.1 Å². The first-order valence-electron chi connectivity index (χ1n) is 29.5. The van der Waals surface area contributed by atoms with Gasteiger partial charge in [-0.25, -0.2) is 0 Å². The summed E-state index contributed by atoms with van der Waals surface area (Å²) in [5.41, 5.74) is 23.5. The molecule has 1 aliphatic heterocycles. The lowest BCUT2D eigenvalue weighted by molar-refractivity contribution is 0.332. The minimum Gasteiger partial charge on any atom is -0.455 e. The highest BCUT2D eigenvalue weighted by Crippen LogP contribution is 2.53. The van der Waals surface area contributed by atoms with Crippen molar-refractivity contribution in [3.63, 3.8) is 0 Å². The van der Waals surface area contributed by atoms with Gasteiger partial charge in [-0.05, 0) is 174 Å². The zero-order valence-electron chi connectivity index (χ0n) is 49.9. The fourth-order valence-corrected chi connectivity index (χ4v) is 14.6. The van der Waals surface area contributed by atoms with Crippen molar-refractivity contribution in [1.82, 2.24) is 4.57 Å². The van der Waals surface area contributed by atoms with E-state index < -0.39 is 0 Å². The summed E-state index contributed by atoms with van der Waals surface area (Å²) < 4.78 is 12.6. The molecule has 1 radical (unpaired) electrons. The predicted octanol–water partition coefficient (Wildman–Crippen LogP) is 20.7. The van der Waals surface area contributed by atoms with E-state index in [4.69, 9.17) is 4.42 Å². The van der Waals surface area contributed by atoms with Crippen LogP contribution in [-0.2, 0) is 27.1 Å². The molecule has 4 nitrogen and oxygen atoms in total. The average molecular weight is 1090 g/mol. The molecule has 0 unspecified atom stereocenters. The van der Waals surface area contributed by atoms with Gasteiger partial charge in [0.1, 0.15) is 11.2 Å². The molecule has 14 rings (SSSR count). The summed E-state index contributed by atoms with van der Waals surface area (Å²) in [6.45, 7) is 30.4. The number of rotatable bonds is 7. The number of nitrogens with one attached hydrogen (secondary N) is 1. The third kappa shape index (κ3) is 8.45. The van der Waals surface area contributed by atoms with Gasteiger partial charge in [0, 0.05) is 60.2 Å². The number of furan rings is 1. The van der Waals surface area contributed by atoms with E-state index in [1.807, 2.05) is 11.3 Å². The third-order valence-corrected chi connectivity index (χ3v) is 19.5. The molecule has 2 aliphatic rings. The highest BCUT2D eigenvalue weighted by atomic mass is 32.1. The van der Waals surface area contributed by atoms with Crippen LogP contribution >= 0.6 is 11.3 Å². The summed E-state index contributed by atoms with van der Waals surface area (Å²) in [5.74, 6) is 0. The van der Waals surface area contributed by atoms with Gasteiger partial charge in [0.15, 0.2) is 0 Å². The molecule has 0 saturated carbocycles. The third-order valence-electron chi connectivity index (χ3n) is 18.4. The second kappa shape index (κ2) is 18.4. The molecule has 6 heteroatoms. The maximum atomic E-state index is 7.44. The van der Waals surface area contributed by atoms with E-state index in [1.54, 1.807) is 0 Å². The van der Waals surface area contributed by atoms with Crippen molar-refractivity contribution in [2.24, 2.45) is 0 Å². The average Bonchev–Trinajstić information content (AvgIpc) is 1.66. The minimum atomic E-state index is 0.00378. The molecule has 407 valence electrons. The number of benzene rings is 9. The molecule has 0 fully saturated rings. The largest absolute Gasteiger partial charge is 0.455 e. The minimum absolute atomic E-state index is 0.00378. The van der Waals surface area contributed by atoms with Gasteiger partial charge in [0.05, 0.1) is 22.1 Å². The topological polar surface area (TPSA) is 33.3 Å². The van der Waals surface area contributed by atoms with Crippen LogP contribution in [0.25, 0.3) is 81.8 Å². The van der Waals surface area contributed by atoms with Gasteiger partial charge in [-0.1, -0.05) is 187 Å². The Morgan fingerprint density at radius 2 is 1.11 bits per heavy atom. The van der Waals surface area contributed by atoms with Gasteiger partial charge >= 0.3 is 0 Å². The van der Waals surface area contributed by atoms with Crippen molar-refractivity contribution in [3.05, 3.63) is 204 Å². The molecule has 12 aromatic rings. The van der Waals surface area contributed by atoms with Crippen LogP contribution in [0.4, 0.5) is 28.4 Å². The van der Waals surface area contributed by atoms with Crippen LogP contribution in [-0.4, -0.2) is 11.8 Å². The SMILES string of the molecule is CC(C)(C)c1ccc(Nc2cc(N(c3ccc(C(C)(C)C)cc3)c3ccc(C(C)(C)C)cc3)ccc2-c2c3c4c(c5cc6c(cc5n4-c4c(sc5ccc(-c7ccccc7)cc45)[B]3)C(C)(C)CCC6(C)C)c3oc4ccccc4c23)cc1. The van der Waals surface area contributed by atoms with Gasteiger partial charge in [-0.3, -0.25) is 0 Å². The van der Waals surface area contributed by atoms with Gasteiger partial charge in [0.2, 0.25) is 7.28 Å². The van der Waals surface area contributed by atoms with E-state index in [0.29, 0.717) is 0 Å². The predicted molar refractivity (Wildman–Crippen MR) is 355 cm³/mol. The van der Waals surface area contributed by atoms with Crippen molar-refractivity contribution in [2.75, 3.05) is 10.2 Å². The van der Waals surface area contributed by atoms with E-state index in [2.05, 4.69) is 288 Å². The molecule has 1 aliphatic carbocycles. The number of hydrogen-bond acceptors (Lipinski definition) is 4. The first-order chi connectivity index (χ1) is 39.0. The number of aromatic nitrogens is 1. The van der Waals surface area contributed by atoms with E-state index in [1.165, 1.54) is 86.8 Å². The smallest absolute Gasteiger partial charge is 0.211 e. The molecule has 0 bridgehead atoms. The second-order valence-corrected chi connectivity index (χ2v) is 29.1. The monoisotopic (exact) mass is 1090 g/mol. The highest BCUT2D eigenvalue weighted by molar-refractivity contribution is 7.29.